The molecule has 0 saturated heterocycles. The summed E-state index contributed by atoms with van der Waals surface area (Å²) in [5.41, 5.74) is 0.940. The lowest BCUT2D eigenvalue weighted by Gasteiger charge is -2.32. The second-order valence-corrected chi connectivity index (χ2v) is 8.19. The maximum absolute atomic E-state index is 13.4. The number of anilines is 3. The first-order valence-corrected chi connectivity index (χ1v) is 10.3. The molecule has 32 heavy (non-hydrogen) atoms. The fraction of sp³-hybridized carbons (Fsp3) is 0.429. The van der Waals surface area contributed by atoms with E-state index < -0.39 is 23.4 Å². The van der Waals surface area contributed by atoms with Crippen LogP contribution < -0.4 is 20.9 Å². The van der Waals surface area contributed by atoms with Gasteiger partial charge < -0.3 is 20.9 Å². The Kier molecular flexibility index (Phi) is 5.66. The standard InChI is InChI=1S/C21H23F3N6O2/c1-9-17-18(30(3)10(2)19(31)28-17)29-21(25-9)27-13-5-4-12(8-13)26-20(32)11-6-14(22)16(24)15(23)7-11/h6-7,10,12-13H,4-5,8H2,1-3H3,(H,26,32)(H,28,31)(H,25,27,29). The fourth-order valence-corrected chi connectivity index (χ4v) is 3.99. The van der Waals surface area contributed by atoms with E-state index in [4.69, 9.17) is 0 Å². The van der Waals surface area contributed by atoms with Gasteiger partial charge >= 0.3 is 0 Å². The fourth-order valence-electron chi connectivity index (χ4n) is 3.99. The third-order valence-electron chi connectivity index (χ3n) is 5.96. The number of benzene rings is 1. The smallest absolute Gasteiger partial charge is 0.251 e. The van der Waals surface area contributed by atoms with E-state index in [0.717, 1.165) is 6.42 Å². The van der Waals surface area contributed by atoms with Crippen LogP contribution in [0.15, 0.2) is 12.1 Å². The van der Waals surface area contributed by atoms with Crippen molar-refractivity contribution in [3.05, 3.63) is 40.8 Å². The highest BCUT2D eigenvalue weighted by molar-refractivity contribution is 6.03. The summed E-state index contributed by atoms with van der Waals surface area (Å²) in [6, 6.07) is 0.741. The predicted octanol–water partition coefficient (Wildman–Crippen LogP) is 2.74. The van der Waals surface area contributed by atoms with Gasteiger partial charge in [-0.25, -0.2) is 18.2 Å². The molecule has 1 saturated carbocycles. The van der Waals surface area contributed by atoms with E-state index in [2.05, 4.69) is 25.9 Å². The van der Waals surface area contributed by atoms with Crippen molar-refractivity contribution in [2.24, 2.45) is 0 Å². The van der Waals surface area contributed by atoms with Crippen molar-refractivity contribution in [1.29, 1.82) is 0 Å². The van der Waals surface area contributed by atoms with Crippen LogP contribution in [0, 0.1) is 24.4 Å². The largest absolute Gasteiger partial charge is 0.351 e. The van der Waals surface area contributed by atoms with E-state index in [1.807, 2.05) is 0 Å². The minimum absolute atomic E-state index is 0.0275. The third-order valence-corrected chi connectivity index (χ3v) is 5.96. The number of nitrogens with one attached hydrogen (secondary N) is 3. The molecular formula is C21H23F3N6O2. The molecule has 4 rings (SSSR count). The van der Waals surface area contributed by atoms with Crippen LogP contribution in [0.5, 0.6) is 0 Å². The second-order valence-electron chi connectivity index (χ2n) is 8.19. The Hall–Kier alpha value is -3.37. The zero-order valence-electron chi connectivity index (χ0n) is 17.8. The number of halogens is 3. The van der Waals surface area contributed by atoms with Gasteiger partial charge in [-0.2, -0.15) is 4.98 Å². The zero-order chi connectivity index (χ0) is 23.2. The van der Waals surface area contributed by atoms with Gasteiger partial charge in [0, 0.05) is 24.7 Å². The number of carbonyl (C=O) groups is 2. The number of carbonyl (C=O) groups excluding carboxylic acids is 2. The van der Waals surface area contributed by atoms with Crippen LogP contribution in [-0.4, -0.2) is 47.0 Å². The molecule has 0 bridgehead atoms. The van der Waals surface area contributed by atoms with Gasteiger partial charge in [0.2, 0.25) is 11.9 Å². The summed E-state index contributed by atoms with van der Waals surface area (Å²) in [7, 11) is 1.79. The van der Waals surface area contributed by atoms with Crippen LogP contribution in [-0.2, 0) is 4.79 Å². The molecule has 1 aromatic carbocycles. The van der Waals surface area contributed by atoms with Gasteiger partial charge in [-0.15, -0.1) is 0 Å². The number of amides is 2. The molecule has 3 atom stereocenters. The lowest BCUT2D eigenvalue weighted by atomic mass is 10.1. The molecule has 2 aliphatic rings. The highest BCUT2D eigenvalue weighted by Crippen LogP contribution is 2.33. The average molecular weight is 448 g/mol. The van der Waals surface area contributed by atoms with E-state index in [1.54, 1.807) is 25.8 Å². The molecular weight excluding hydrogens is 425 g/mol. The lowest BCUT2D eigenvalue weighted by Crippen LogP contribution is -2.45. The van der Waals surface area contributed by atoms with E-state index in [9.17, 15) is 22.8 Å². The lowest BCUT2D eigenvalue weighted by molar-refractivity contribution is -0.117. The highest BCUT2D eigenvalue weighted by Gasteiger charge is 2.31. The molecule has 0 radical (unpaired) electrons. The first-order valence-electron chi connectivity index (χ1n) is 10.3. The second kappa shape index (κ2) is 8.29. The number of likely N-dealkylation sites (N-methyl/N-ethyl adjacent to an activating group) is 1. The Labute approximate surface area is 182 Å². The number of aromatic nitrogens is 2. The number of fused-ring (bicyclic) bond motifs is 1. The van der Waals surface area contributed by atoms with Gasteiger partial charge in [0.25, 0.3) is 5.91 Å². The highest BCUT2D eigenvalue weighted by atomic mass is 19.2. The molecule has 11 heteroatoms. The molecule has 1 aliphatic carbocycles. The van der Waals surface area contributed by atoms with Gasteiger partial charge in [0.05, 0.1) is 5.69 Å². The molecule has 2 amide bonds. The molecule has 8 nitrogen and oxygen atoms in total. The SMILES string of the molecule is Cc1nc(NC2CCC(NC(=O)c3cc(F)c(F)c(F)c3)C2)nc2c1NC(=O)C(C)N2C. The molecule has 1 fully saturated rings. The Morgan fingerprint density at radius 2 is 1.81 bits per heavy atom. The Bertz CT molecular complexity index is 1070. The summed E-state index contributed by atoms with van der Waals surface area (Å²) in [6.07, 6.45) is 1.92. The summed E-state index contributed by atoms with van der Waals surface area (Å²) in [5, 5.41) is 8.82. The van der Waals surface area contributed by atoms with Crippen LogP contribution in [0.25, 0.3) is 0 Å². The van der Waals surface area contributed by atoms with Crippen LogP contribution in [0.1, 0.15) is 42.2 Å². The summed E-state index contributed by atoms with van der Waals surface area (Å²) < 4.78 is 39.9. The number of rotatable bonds is 4. The number of hydrogen-bond donors (Lipinski definition) is 3. The molecule has 3 N–H and O–H groups in total. The summed E-state index contributed by atoms with van der Waals surface area (Å²) in [4.78, 5) is 35.1. The summed E-state index contributed by atoms with van der Waals surface area (Å²) >= 11 is 0. The molecule has 0 spiro atoms. The molecule has 1 aliphatic heterocycles. The van der Waals surface area contributed by atoms with Crippen LogP contribution in [0.3, 0.4) is 0 Å². The van der Waals surface area contributed by atoms with Crippen molar-refractivity contribution in [3.63, 3.8) is 0 Å². The maximum Gasteiger partial charge on any atom is 0.251 e. The van der Waals surface area contributed by atoms with Crippen LogP contribution in [0.4, 0.5) is 30.6 Å². The predicted molar refractivity (Wildman–Crippen MR) is 112 cm³/mol. The first kappa shape index (κ1) is 21.8. The van der Waals surface area contributed by atoms with E-state index in [1.165, 1.54) is 0 Å². The van der Waals surface area contributed by atoms with Crippen LogP contribution >= 0.6 is 0 Å². The molecule has 3 unspecified atom stereocenters. The Balaban J connectivity index is 1.41. The molecule has 170 valence electrons. The number of aryl methyl sites for hydroxylation is 1. The van der Waals surface area contributed by atoms with Crippen molar-refractivity contribution in [3.8, 4) is 0 Å². The topological polar surface area (TPSA) is 99.2 Å². The van der Waals surface area contributed by atoms with Gasteiger partial charge in [-0.1, -0.05) is 0 Å². The van der Waals surface area contributed by atoms with E-state index >= 15 is 0 Å². The Morgan fingerprint density at radius 1 is 1.16 bits per heavy atom. The van der Waals surface area contributed by atoms with E-state index in [0.29, 0.717) is 48.1 Å². The Morgan fingerprint density at radius 3 is 2.50 bits per heavy atom. The molecule has 2 aromatic rings. The van der Waals surface area contributed by atoms with Gasteiger partial charge in [0.15, 0.2) is 23.3 Å². The summed E-state index contributed by atoms with van der Waals surface area (Å²) in [6.45, 7) is 3.57. The maximum atomic E-state index is 13.4. The van der Waals surface area contributed by atoms with Crippen molar-refractivity contribution in [2.45, 2.75) is 51.2 Å². The van der Waals surface area contributed by atoms with E-state index in [-0.39, 0.29) is 29.6 Å². The van der Waals surface area contributed by atoms with Crippen molar-refractivity contribution in [2.75, 3.05) is 22.6 Å². The van der Waals surface area contributed by atoms with Gasteiger partial charge in [-0.3, -0.25) is 9.59 Å². The van der Waals surface area contributed by atoms with Crippen molar-refractivity contribution in [1.82, 2.24) is 15.3 Å². The van der Waals surface area contributed by atoms with Crippen molar-refractivity contribution < 1.29 is 22.8 Å². The third kappa shape index (κ3) is 4.06. The zero-order valence-corrected chi connectivity index (χ0v) is 17.8. The van der Waals surface area contributed by atoms with Gasteiger partial charge in [0.1, 0.15) is 11.7 Å². The first-order chi connectivity index (χ1) is 15.1. The monoisotopic (exact) mass is 448 g/mol. The number of nitrogens with zero attached hydrogens (tertiary/aromatic N) is 3. The minimum Gasteiger partial charge on any atom is -0.351 e. The normalized spacial score (nSPS) is 22.4. The minimum atomic E-state index is -1.60. The molecule has 2 heterocycles. The molecule has 1 aromatic heterocycles. The quantitative estimate of drug-likeness (QED) is 0.622. The average Bonchev–Trinajstić information content (AvgIpc) is 3.17. The van der Waals surface area contributed by atoms with Gasteiger partial charge in [-0.05, 0) is 45.2 Å². The van der Waals surface area contributed by atoms with Crippen LogP contribution in [0.2, 0.25) is 0 Å². The van der Waals surface area contributed by atoms with Crippen molar-refractivity contribution >= 4 is 29.3 Å². The number of hydrogen-bond acceptors (Lipinski definition) is 6. The summed E-state index contributed by atoms with van der Waals surface area (Å²) in [5.74, 6) is -4.17.